The highest BCUT2D eigenvalue weighted by atomic mass is 16.7. The molecule has 2 aliphatic heterocycles. The fourth-order valence-electron chi connectivity index (χ4n) is 9.83. The summed E-state index contributed by atoms with van der Waals surface area (Å²) in [4.78, 5) is 0. The number of hydrogen-bond acceptors (Lipinski definition) is 3. The zero-order chi connectivity index (χ0) is 21.8. The number of rotatable bonds is 0. The van der Waals surface area contributed by atoms with Gasteiger partial charge in [-0.3, -0.25) is 0 Å². The van der Waals surface area contributed by atoms with Crippen LogP contribution in [-0.2, 0) is 9.47 Å². The van der Waals surface area contributed by atoms with Crippen LogP contribution in [0.15, 0.2) is 11.6 Å². The molecule has 174 valence electrons. The van der Waals surface area contributed by atoms with Crippen LogP contribution in [0.1, 0.15) is 92.4 Å². The summed E-state index contributed by atoms with van der Waals surface area (Å²) in [5.41, 5.74) is 1.36. The maximum absolute atomic E-state index is 12.5. The molecule has 11 atom stereocenters. The molecule has 2 heterocycles. The predicted molar refractivity (Wildman–Crippen MR) is 122 cm³/mol. The van der Waals surface area contributed by atoms with E-state index in [0.717, 1.165) is 38.2 Å². The van der Waals surface area contributed by atoms with E-state index in [-0.39, 0.29) is 11.5 Å². The fraction of sp³-hybridized carbons (Fsp3) is 0.929. The highest BCUT2D eigenvalue weighted by Gasteiger charge is 2.74. The number of fused-ring (bicyclic) bond motifs is 7. The van der Waals surface area contributed by atoms with Crippen molar-refractivity contribution >= 4 is 0 Å². The van der Waals surface area contributed by atoms with Gasteiger partial charge in [-0.25, -0.2) is 0 Å². The van der Waals surface area contributed by atoms with Crippen molar-refractivity contribution in [2.45, 2.75) is 110 Å². The molecule has 31 heavy (non-hydrogen) atoms. The average molecular weight is 429 g/mol. The lowest BCUT2D eigenvalue weighted by atomic mass is 9.45. The van der Waals surface area contributed by atoms with Crippen LogP contribution < -0.4 is 0 Å². The molecule has 4 aliphatic carbocycles. The molecule has 0 aromatic heterocycles. The van der Waals surface area contributed by atoms with E-state index < -0.39 is 11.4 Å². The van der Waals surface area contributed by atoms with Gasteiger partial charge in [-0.05, 0) is 74.0 Å². The first-order chi connectivity index (χ1) is 14.6. The third kappa shape index (κ3) is 2.58. The lowest BCUT2D eigenvalue weighted by Gasteiger charge is -2.61. The summed E-state index contributed by atoms with van der Waals surface area (Å²) in [5.74, 6) is 2.85. The Balaban J connectivity index is 1.32. The fourth-order valence-corrected chi connectivity index (χ4v) is 9.83. The van der Waals surface area contributed by atoms with Gasteiger partial charge >= 0.3 is 0 Å². The topological polar surface area (TPSA) is 38.7 Å². The molecule has 3 heteroatoms. The highest BCUT2D eigenvalue weighted by Crippen LogP contribution is 2.72. The summed E-state index contributed by atoms with van der Waals surface area (Å²) < 4.78 is 13.3. The maximum Gasteiger partial charge on any atom is 0.171 e. The first-order valence-electron chi connectivity index (χ1n) is 13.4. The minimum atomic E-state index is -0.600. The Hall–Kier alpha value is -0.380. The third-order valence-corrected chi connectivity index (χ3v) is 11.8. The molecule has 8 unspecified atom stereocenters. The largest absolute Gasteiger partial charge is 0.389 e. The Morgan fingerprint density at radius 1 is 0.968 bits per heavy atom. The smallest absolute Gasteiger partial charge is 0.171 e. The van der Waals surface area contributed by atoms with Gasteiger partial charge in [0.05, 0.1) is 18.3 Å². The van der Waals surface area contributed by atoms with Crippen LogP contribution in [0.2, 0.25) is 0 Å². The molecular formula is C28H44O3. The van der Waals surface area contributed by atoms with Crippen molar-refractivity contribution in [3.8, 4) is 0 Å². The first-order valence-corrected chi connectivity index (χ1v) is 13.4. The van der Waals surface area contributed by atoms with Crippen LogP contribution in [0, 0.1) is 46.3 Å². The van der Waals surface area contributed by atoms with Crippen molar-refractivity contribution in [1.29, 1.82) is 0 Å². The number of allylic oxidation sites excluding steroid dienone is 2. The van der Waals surface area contributed by atoms with Gasteiger partial charge in [0.1, 0.15) is 0 Å². The minimum absolute atomic E-state index is 0.0577. The molecule has 0 radical (unpaired) electrons. The van der Waals surface area contributed by atoms with Gasteiger partial charge in [0.25, 0.3) is 0 Å². The second kappa shape index (κ2) is 6.60. The van der Waals surface area contributed by atoms with Crippen molar-refractivity contribution < 1.29 is 14.6 Å². The molecule has 0 amide bonds. The van der Waals surface area contributed by atoms with Gasteiger partial charge in [0, 0.05) is 30.1 Å². The van der Waals surface area contributed by atoms with Gasteiger partial charge in [0.2, 0.25) is 0 Å². The molecule has 0 aromatic carbocycles. The molecule has 0 aromatic rings. The van der Waals surface area contributed by atoms with E-state index in [1.165, 1.54) is 32.1 Å². The van der Waals surface area contributed by atoms with E-state index in [4.69, 9.17) is 9.47 Å². The molecule has 6 rings (SSSR count). The number of aliphatic hydroxyl groups is 1. The zero-order valence-corrected chi connectivity index (χ0v) is 20.5. The Morgan fingerprint density at radius 2 is 1.74 bits per heavy atom. The molecule has 2 saturated heterocycles. The average Bonchev–Trinajstić information content (AvgIpc) is 3.12. The van der Waals surface area contributed by atoms with Gasteiger partial charge in [-0.15, -0.1) is 0 Å². The Labute approximate surface area is 189 Å². The van der Waals surface area contributed by atoms with Crippen LogP contribution in [0.25, 0.3) is 0 Å². The standard InChI is InChI=1S/C28H44O3/c1-17-8-11-25(4)20(14-17)6-7-22-21(25)10-12-26(5)24-19(3)28(13-9-18(2)16-30-28)31-23(24)15-27(22,26)29/h6,17-19,21-24,29H,7-16H2,1-5H3/t17?,18?,19-,21?,22?,23?,24?,25-,26+,27?,28?/m0/s1. The van der Waals surface area contributed by atoms with Crippen LogP contribution in [0.5, 0.6) is 0 Å². The second-order valence-corrected chi connectivity index (χ2v) is 13.3. The second-order valence-electron chi connectivity index (χ2n) is 13.3. The molecule has 1 N–H and O–H groups in total. The third-order valence-electron chi connectivity index (χ3n) is 11.8. The van der Waals surface area contributed by atoms with Crippen LogP contribution in [0.4, 0.5) is 0 Å². The summed E-state index contributed by atoms with van der Waals surface area (Å²) in [7, 11) is 0. The van der Waals surface area contributed by atoms with Crippen molar-refractivity contribution in [3.05, 3.63) is 11.6 Å². The van der Waals surface area contributed by atoms with Gasteiger partial charge < -0.3 is 14.6 Å². The van der Waals surface area contributed by atoms with E-state index in [1.807, 2.05) is 0 Å². The number of ether oxygens (including phenoxy) is 2. The Bertz CT molecular complexity index is 781. The van der Waals surface area contributed by atoms with Crippen LogP contribution in [0.3, 0.4) is 0 Å². The normalized spacial score (nSPS) is 60.7. The van der Waals surface area contributed by atoms with Crippen molar-refractivity contribution in [3.63, 3.8) is 0 Å². The van der Waals surface area contributed by atoms with Crippen molar-refractivity contribution in [2.24, 2.45) is 46.3 Å². The first kappa shape index (κ1) is 21.2. The predicted octanol–water partition coefficient (Wildman–Crippen LogP) is 6.10. The maximum atomic E-state index is 12.5. The Kier molecular flexibility index (Phi) is 4.51. The summed E-state index contributed by atoms with van der Waals surface area (Å²) in [6, 6.07) is 0. The summed E-state index contributed by atoms with van der Waals surface area (Å²) in [5, 5.41) is 12.5. The highest BCUT2D eigenvalue weighted by molar-refractivity contribution is 5.29. The van der Waals surface area contributed by atoms with E-state index >= 15 is 0 Å². The summed E-state index contributed by atoms with van der Waals surface area (Å²) in [6.45, 7) is 12.8. The van der Waals surface area contributed by atoms with Crippen molar-refractivity contribution in [2.75, 3.05) is 6.61 Å². The van der Waals surface area contributed by atoms with Crippen molar-refractivity contribution in [1.82, 2.24) is 0 Å². The van der Waals surface area contributed by atoms with E-state index in [0.29, 0.717) is 35.0 Å². The molecule has 6 aliphatic rings. The van der Waals surface area contributed by atoms with Crippen LogP contribution >= 0.6 is 0 Å². The Morgan fingerprint density at radius 3 is 2.48 bits per heavy atom. The molecular weight excluding hydrogens is 384 g/mol. The molecule has 5 fully saturated rings. The lowest BCUT2D eigenvalue weighted by Crippen LogP contribution is -2.61. The van der Waals surface area contributed by atoms with E-state index in [9.17, 15) is 5.11 Å². The lowest BCUT2D eigenvalue weighted by molar-refractivity contribution is -0.280. The van der Waals surface area contributed by atoms with Crippen LogP contribution in [-0.4, -0.2) is 29.2 Å². The monoisotopic (exact) mass is 428 g/mol. The molecule has 1 spiro atoms. The SMILES string of the molecule is CC1CCC2(OC1)OC1CC3(O)C4CC=C5CC(C)CC[C@]5(C)C4CC[C@]3(C)C1[C@@H]2C. The molecule has 3 saturated carbocycles. The van der Waals surface area contributed by atoms with E-state index in [1.54, 1.807) is 5.57 Å². The van der Waals surface area contributed by atoms with E-state index in [2.05, 4.69) is 40.7 Å². The molecule has 0 bridgehead atoms. The quantitative estimate of drug-likeness (QED) is 0.474. The minimum Gasteiger partial charge on any atom is -0.389 e. The summed E-state index contributed by atoms with van der Waals surface area (Å²) >= 11 is 0. The van der Waals surface area contributed by atoms with Gasteiger partial charge in [0.15, 0.2) is 5.79 Å². The molecule has 3 nitrogen and oxygen atoms in total. The summed E-state index contributed by atoms with van der Waals surface area (Å²) in [6.07, 6.45) is 13.2. The van der Waals surface area contributed by atoms with Gasteiger partial charge in [-0.2, -0.15) is 0 Å². The van der Waals surface area contributed by atoms with Gasteiger partial charge in [-0.1, -0.05) is 46.3 Å². The zero-order valence-electron chi connectivity index (χ0n) is 20.5. The number of hydrogen-bond donors (Lipinski definition) is 1.